The predicted molar refractivity (Wildman–Crippen MR) is 43.4 cm³/mol. The van der Waals surface area contributed by atoms with Crippen molar-refractivity contribution in [1.82, 2.24) is 0 Å². The minimum absolute atomic E-state index is 0.215. The molecule has 0 saturated carbocycles. The molecule has 1 aliphatic rings. The molecule has 2 nitrogen and oxygen atoms in total. The van der Waals surface area contributed by atoms with Crippen molar-refractivity contribution in [3.63, 3.8) is 0 Å². The second-order valence-corrected chi connectivity index (χ2v) is 7.90. The maximum absolute atomic E-state index is 10.3. The third kappa shape index (κ3) is 2.63. The molecule has 0 aromatic rings. The zero-order valence-corrected chi connectivity index (χ0v) is 8.17. The Hall–Kier alpha value is -0.142. The van der Waals surface area contributed by atoms with E-state index < -0.39 is 13.5 Å². The average molecular weight is 218 g/mol. The van der Waals surface area contributed by atoms with E-state index in [-0.39, 0.29) is 5.97 Å². The van der Waals surface area contributed by atoms with E-state index in [1.165, 1.54) is 17.2 Å². The van der Waals surface area contributed by atoms with Gasteiger partial charge in [-0.3, -0.25) is 0 Å². The van der Waals surface area contributed by atoms with Crippen LogP contribution in [-0.4, -0.2) is 19.5 Å². The molecule has 0 spiro atoms. The summed E-state index contributed by atoms with van der Waals surface area (Å²) in [5.74, 6) is -0.215. The van der Waals surface area contributed by atoms with E-state index in [2.05, 4.69) is 9.73 Å². The predicted octanol–water partition coefficient (Wildman–Crippen LogP) is 1.39. The number of hydrogen-bond acceptors (Lipinski definition) is 3. The molecular formula is C6H7AsO2S. The molecule has 10 heavy (non-hydrogen) atoms. The van der Waals surface area contributed by atoms with Crippen molar-refractivity contribution in [2.45, 2.75) is 6.92 Å². The Balaban J connectivity index is 2.20. The summed E-state index contributed by atoms with van der Waals surface area (Å²) in [6.07, 6.45) is 3.99. The summed E-state index contributed by atoms with van der Waals surface area (Å²) in [6, 6.07) is 0. The molecular weight excluding hydrogens is 211 g/mol. The maximum atomic E-state index is 10.3. The molecule has 54 valence electrons. The van der Waals surface area contributed by atoms with Crippen molar-refractivity contribution in [2.75, 3.05) is 0 Å². The SMILES string of the molecule is CC(=O)OS[As]1C=CC=C1. The fourth-order valence-electron chi connectivity index (χ4n) is 0.464. The molecule has 0 fully saturated rings. The topological polar surface area (TPSA) is 26.3 Å². The van der Waals surface area contributed by atoms with Gasteiger partial charge in [-0.1, -0.05) is 0 Å². The summed E-state index contributed by atoms with van der Waals surface area (Å²) in [5.41, 5.74) is 0. The van der Waals surface area contributed by atoms with Gasteiger partial charge < -0.3 is 0 Å². The normalized spacial score (nSPS) is 16.1. The fraction of sp³-hybridized carbons (Fsp3) is 0.167. The van der Waals surface area contributed by atoms with Crippen LogP contribution >= 0.6 is 10.3 Å². The van der Waals surface area contributed by atoms with Crippen LogP contribution in [0.15, 0.2) is 21.9 Å². The van der Waals surface area contributed by atoms with Gasteiger partial charge in [0.2, 0.25) is 0 Å². The summed E-state index contributed by atoms with van der Waals surface area (Å²) >= 11 is -1.09. The van der Waals surface area contributed by atoms with Crippen LogP contribution in [0, 0.1) is 0 Å². The van der Waals surface area contributed by atoms with E-state index in [1.54, 1.807) is 0 Å². The number of rotatable bonds is 2. The van der Waals surface area contributed by atoms with E-state index in [0.29, 0.717) is 0 Å². The van der Waals surface area contributed by atoms with Gasteiger partial charge in [0.1, 0.15) is 0 Å². The Morgan fingerprint density at radius 1 is 1.50 bits per heavy atom. The molecule has 4 heteroatoms. The third-order valence-electron chi connectivity index (χ3n) is 0.818. The molecule has 0 unspecified atom stereocenters. The molecule has 0 aliphatic carbocycles. The van der Waals surface area contributed by atoms with Gasteiger partial charge in [-0.25, -0.2) is 0 Å². The Kier molecular flexibility index (Phi) is 3.10. The van der Waals surface area contributed by atoms with Crippen LogP contribution < -0.4 is 0 Å². The van der Waals surface area contributed by atoms with E-state index in [0.717, 1.165) is 0 Å². The van der Waals surface area contributed by atoms with Gasteiger partial charge in [0, 0.05) is 0 Å². The van der Waals surface area contributed by atoms with Gasteiger partial charge in [0.05, 0.1) is 0 Å². The Labute approximate surface area is 67.8 Å². The zero-order chi connectivity index (χ0) is 7.40. The average Bonchev–Trinajstić information content (AvgIpc) is 2.34. The first-order valence-electron chi connectivity index (χ1n) is 2.77. The standard InChI is InChI=1S/C6H7AsO2S/c1-6(8)9-10-7-4-2-3-5-7/h2-5H,1H3. The van der Waals surface area contributed by atoms with Crippen molar-refractivity contribution in [3.8, 4) is 0 Å². The van der Waals surface area contributed by atoms with Gasteiger partial charge in [-0.2, -0.15) is 0 Å². The van der Waals surface area contributed by atoms with Crippen LogP contribution in [0.4, 0.5) is 0 Å². The minimum atomic E-state index is -1.09. The third-order valence-corrected chi connectivity index (χ3v) is 6.07. The van der Waals surface area contributed by atoms with Crippen LogP contribution in [0.5, 0.6) is 0 Å². The zero-order valence-electron chi connectivity index (χ0n) is 5.48. The van der Waals surface area contributed by atoms with E-state index in [9.17, 15) is 4.79 Å². The molecule has 0 aromatic carbocycles. The Morgan fingerprint density at radius 2 is 2.10 bits per heavy atom. The number of carbonyl (C=O) groups excluding carboxylic acids is 1. The van der Waals surface area contributed by atoms with Crippen LogP contribution in [0.2, 0.25) is 0 Å². The van der Waals surface area contributed by atoms with Crippen molar-refractivity contribution >= 4 is 29.8 Å². The van der Waals surface area contributed by atoms with E-state index in [1.807, 2.05) is 12.2 Å². The van der Waals surface area contributed by atoms with Crippen LogP contribution in [0.25, 0.3) is 0 Å². The molecule has 0 bridgehead atoms. The monoisotopic (exact) mass is 218 g/mol. The second kappa shape index (κ2) is 3.89. The number of allylic oxidation sites excluding steroid dienone is 2. The summed E-state index contributed by atoms with van der Waals surface area (Å²) in [6.45, 7) is 1.42. The van der Waals surface area contributed by atoms with Crippen LogP contribution in [0.1, 0.15) is 6.92 Å². The van der Waals surface area contributed by atoms with Crippen molar-refractivity contribution in [2.24, 2.45) is 0 Å². The molecule has 0 atom stereocenters. The summed E-state index contributed by atoms with van der Waals surface area (Å²) in [4.78, 5) is 14.6. The Morgan fingerprint density at radius 3 is 2.60 bits per heavy atom. The van der Waals surface area contributed by atoms with Gasteiger partial charge in [-0.05, 0) is 0 Å². The number of hydrogen-bond donors (Lipinski definition) is 0. The van der Waals surface area contributed by atoms with Crippen LogP contribution in [0.3, 0.4) is 0 Å². The Bertz CT molecular complexity index is 176. The van der Waals surface area contributed by atoms with Gasteiger partial charge in [-0.15, -0.1) is 0 Å². The van der Waals surface area contributed by atoms with Crippen LogP contribution in [-0.2, 0) is 8.98 Å². The molecule has 0 amide bonds. The molecule has 1 aliphatic heterocycles. The van der Waals surface area contributed by atoms with Crippen molar-refractivity contribution in [3.05, 3.63) is 21.9 Å². The summed E-state index contributed by atoms with van der Waals surface area (Å²) in [5, 5.41) is 0. The first-order chi connectivity index (χ1) is 4.79. The number of carbonyl (C=O) groups is 1. The molecule has 0 saturated heterocycles. The molecule has 0 radical (unpaired) electrons. The molecule has 1 heterocycles. The molecule has 0 aromatic heterocycles. The fourth-order valence-corrected chi connectivity index (χ4v) is 4.65. The van der Waals surface area contributed by atoms with E-state index in [4.69, 9.17) is 4.18 Å². The van der Waals surface area contributed by atoms with Gasteiger partial charge >= 0.3 is 67.6 Å². The van der Waals surface area contributed by atoms with E-state index >= 15 is 0 Å². The summed E-state index contributed by atoms with van der Waals surface area (Å²) < 4.78 is 4.77. The van der Waals surface area contributed by atoms with Crippen molar-refractivity contribution < 1.29 is 8.98 Å². The molecule has 0 N–H and O–H groups in total. The van der Waals surface area contributed by atoms with Gasteiger partial charge in [0.25, 0.3) is 0 Å². The van der Waals surface area contributed by atoms with Gasteiger partial charge in [0.15, 0.2) is 0 Å². The first-order valence-corrected chi connectivity index (χ1v) is 7.94. The molecule has 1 rings (SSSR count). The summed E-state index contributed by atoms with van der Waals surface area (Å²) in [7, 11) is 1.31. The first kappa shape index (κ1) is 7.96. The van der Waals surface area contributed by atoms with Crippen molar-refractivity contribution in [1.29, 1.82) is 0 Å². The quantitative estimate of drug-likeness (QED) is 0.517. The second-order valence-electron chi connectivity index (χ2n) is 1.69.